The van der Waals surface area contributed by atoms with E-state index in [2.05, 4.69) is 10.1 Å². The van der Waals surface area contributed by atoms with E-state index in [0.29, 0.717) is 5.76 Å². The molecule has 5 nitrogen and oxygen atoms in total. The lowest BCUT2D eigenvalue weighted by atomic mass is 10.1. The first kappa shape index (κ1) is 11.2. The zero-order chi connectivity index (χ0) is 13.2. The van der Waals surface area contributed by atoms with Crippen LogP contribution < -0.4 is 0 Å². The van der Waals surface area contributed by atoms with E-state index in [4.69, 9.17) is 14.2 Å². The molecular weight excluding hydrogens is 249 g/mol. The predicted molar refractivity (Wildman–Crippen MR) is 62.1 cm³/mol. The number of hydrogen-bond donors (Lipinski definition) is 0. The summed E-state index contributed by atoms with van der Waals surface area (Å²) in [7, 11) is 0. The molecule has 0 saturated carbocycles. The minimum absolute atomic E-state index is 0.0717. The molecule has 19 heavy (non-hydrogen) atoms. The first-order valence-corrected chi connectivity index (χ1v) is 5.36. The second-order valence-corrected chi connectivity index (χ2v) is 3.67. The number of hydrogen-bond acceptors (Lipinski definition) is 5. The summed E-state index contributed by atoms with van der Waals surface area (Å²) in [6, 6.07) is 9.36. The number of furan rings is 1. The van der Waals surface area contributed by atoms with Crippen molar-refractivity contribution in [3.8, 4) is 29.1 Å². The Morgan fingerprint density at radius 2 is 2.11 bits per heavy atom. The fourth-order valence-corrected chi connectivity index (χ4v) is 1.65. The first-order chi connectivity index (χ1) is 9.29. The molecule has 0 saturated heterocycles. The number of aromatic nitrogens is 2. The van der Waals surface area contributed by atoms with Gasteiger partial charge in [-0.2, -0.15) is 10.2 Å². The molecule has 0 fully saturated rings. The van der Waals surface area contributed by atoms with Crippen LogP contribution in [-0.4, -0.2) is 10.1 Å². The normalized spacial score (nSPS) is 10.3. The van der Waals surface area contributed by atoms with Gasteiger partial charge in [-0.15, -0.1) is 0 Å². The van der Waals surface area contributed by atoms with Crippen LogP contribution in [0.1, 0.15) is 5.56 Å². The molecular formula is C13H6FN3O2. The Bertz CT molecular complexity index is 757. The maximum absolute atomic E-state index is 13.5. The fourth-order valence-electron chi connectivity index (χ4n) is 1.65. The SMILES string of the molecule is N#Cc1c(F)cccc1-c1nc(-c2ccco2)no1. The molecule has 0 radical (unpaired) electrons. The van der Waals surface area contributed by atoms with Crippen molar-refractivity contribution in [3.05, 3.63) is 48.0 Å². The van der Waals surface area contributed by atoms with Crippen LogP contribution in [0.5, 0.6) is 0 Å². The Balaban J connectivity index is 2.10. The minimum Gasteiger partial charge on any atom is -0.461 e. The van der Waals surface area contributed by atoms with E-state index in [1.807, 2.05) is 0 Å². The van der Waals surface area contributed by atoms with Gasteiger partial charge in [0.05, 0.1) is 11.8 Å². The molecule has 0 aliphatic rings. The van der Waals surface area contributed by atoms with Crippen LogP contribution in [0.3, 0.4) is 0 Å². The highest BCUT2D eigenvalue weighted by molar-refractivity contribution is 5.64. The van der Waals surface area contributed by atoms with Crippen LogP contribution in [0.4, 0.5) is 4.39 Å². The Kier molecular flexibility index (Phi) is 2.58. The van der Waals surface area contributed by atoms with Crippen molar-refractivity contribution in [1.82, 2.24) is 10.1 Å². The summed E-state index contributed by atoms with van der Waals surface area (Å²) < 4.78 is 23.6. The summed E-state index contributed by atoms with van der Waals surface area (Å²) >= 11 is 0. The minimum atomic E-state index is -0.627. The summed E-state index contributed by atoms with van der Waals surface area (Å²) in [5, 5.41) is 12.7. The van der Waals surface area contributed by atoms with Gasteiger partial charge in [0.2, 0.25) is 5.82 Å². The molecule has 0 amide bonds. The van der Waals surface area contributed by atoms with Gasteiger partial charge in [-0.1, -0.05) is 11.2 Å². The van der Waals surface area contributed by atoms with Gasteiger partial charge >= 0.3 is 0 Å². The number of rotatable bonds is 2. The van der Waals surface area contributed by atoms with Crippen molar-refractivity contribution in [2.45, 2.75) is 0 Å². The van der Waals surface area contributed by atoms with E-state index in [0.717, 1.165) is 0 Å². The fraction of sp³-hybridized carbons (Fsp3) is 0. The highest BCUT2D eigenvalue weighted by Crippen LogP contribution is 2.26. The Hall–Kier alpha value is -2.94. The van der Waals surface area contributed by atoms with Crippen molar-refractivity contribution in [1.29, 1.82) is 5.26 Å². The smallest absolute Gasteiger partial charge is 0.259 e. The monoisotopic (exact) mass is 255 g/mol. The molecule has 0 aliphatic carbocycles. The van der Waals surface area contributed by atoms with Crippen molar-refractivity contribution >= 4 is 0 Å². The van der Waals surface area contributed by atoms with Gasteiger partial charge in [-0.25, -0.2) is 4.39 Å². The van der Waals surface area contributed by atoms with Gasteiger partial charge in [0.25, 0.3) is 5.89 Å². The van der Waals surface area contributed by atoms with Crippen molar-refractivity contribution in [2.24, 2.45) is 0 Å². The topological polar surface area (TPSA) is 75.8 Å². The van der Waals surface area contributed by atoms with Crippen LogP contribution in [-0.2, 0) is 0 Å². The zero-order valence-corrected chi connectivity index (χ0v) is 9.50. The summed E-state index contributed by atoms with van der Waals surface area (Å²) in [6.45, 7) is 0. The summed E-state index contributed by atoms with van der Waals surface area (Å²) in [5.74, 6) is 0.123. The molecule has 0 spiro atoms. The Morgan fingerprint density at radius 3 is 2.84 bits per heavy atom. The molecule has 1 aromatic carbocycles. The van der Waals surface area contributed by atoms with Crippen LogP contribution in [0, 0.1) is 17.1 Å². The largest absolute Gasteiger partial charge is 0.461 e. The lowest BCUT2D eigenvalue weighted by Crippen LogP contribution is -1.89. The number of halogens is 1. The highest BCUT2D eigenvalue weighted by atomic mass is 19.1. The van der Waals surface area contributed by atoms with E-state index in [1.54, 1.807) is 24.3 Å². The summed E-state index contributed by atoms with van der Waals surface area (Å²) in [6.07, 6.45) is 1.48. The molecule has 2 heterocycles. The van der Waals surface area contributed by atoms with Crippen LogP contribution in [0.2, 0.25) is 0 Å². The average molecular weight is 255 g/mol. The molecule has 0 unspecified atom stereocenters. The summed E-state index contributed by atoms with van der Waals surface area (Å²) in [5.41, 5.74) is 0.130. The van der Waals surface area contributed by atoms with Crippen LogP contribution in [0.15, 0.2) is 45.5 Å². The van der Waals surface area contributed by atoms with E-state index >= 15 is 0 Å². The lowest BCUT2D eigenvalue weighted by Gasteiger charge is -1.98. The van der Waals surface area contributed by atoms with E-state index in [9.17, 15) is 4.39 Å². The van der Waals surface area contributed by atoms with Crippen molar-refractivity contribution < 1.29 is 13.3 Å². The molecule has 6 heteroatoms. The molecule has 0 N–H and O–H groups in total. The quantitative estimate of drug-likeness (QED) is 0.703. The van der Waals surface area contributed by atoms with Gasteiger partial charge in [-0.3, -0.25) is 0 Å². The highest BCUT2D eigenvalue weighted by Gasteiger charge is 2.17. The third kappa shape index (κ3) is 1.87. The van der Waals surface area contributed by atoms with E-state index < -0.39 is 5.82 Å². The standard InChI is InChI=1S/C13H6FN3O2/c14-10-4-1-3-8(9(10)7-15)13-16-12(17-19-13)11-5-2-6-18-11/h1-6H. The number of nitriles is 1. The molecule has 0 aliphatic heterocycles. The van der Waals surface area contributed by atoms with Gasteiger partial charge in [0.1, 0.15) is 17.4 Å². The second-order valence-electron chi connectivity index (χ2n) is 3.67. The molecule has 3 aromatic rings. The first-order valence-electron chi connectivity index (χ1n) is 5.36. The Labute approximate surface area is 106 Å². The third-order valence-electron chi connectivity index (χ3n) is 2.52. The van der Waals surface area contributed by atoms with Gasteiger partial charge in [0.15, 0.2) is 5.76 Å². The molecule has 0 atom stereocenters. The van der Waals surface area contributed by atoms with E-state index in [1.165, 1.54) is 18.4 Å². The van der Waals surface area contributed by atoms with Crippen molar-refractivity contribution in [3.63, 3.8) is 0 Å². The maximum atomic E-state index is 13.5. The molecule has 0 bridgehead atoms. The third-order valence-corrected chi connectivity index (χ3v) is 2.52. The van der Waals surface area contributed by atoms with Crippen LogP contribution >= 0.6 is 0 Å². The average Bonchev–Trinajstić information content (AvgIpc) is 3.09. The number of nitrogens with zero attached hydrogens (tertiary/aromatic N) is 3. The number of benzene rings is 1. The molecule has 92 valence electrons. The Morgan fingerprint density at radius 1 is 1.21 bits per heavy atom. The zero-order valence-electron chi connectivity index (χ0n) is 9.50. The van der Waals surface area contributed by atoms with Gasteiger partial charge in [-0.05, 0) is 24.3 Å². The lowest BCUT2D eigenvalue weighted by molar-refractivity contribution is 0.429. The van der Waals surface area contributed by atoms with Crippen LogP contribution in [0.25, 0.3) is 23.0 Å². The van der Waals surface area contributed by atoms with E-state index in [-0.39, 0.29) is 22.8 Å². The van der Waals surface area contributed by atoms with Crippen molar-refractivity contribution in [2.75, 3.05) is 0 Å². The molecule has 2 aromatic heterocycles. The van der Waals surface area contributed by atoms with Gasteiger partial charge < -0.3 is 8.94 Å². The second kappa shape index (κ2) is 4.38. The summed E-state index contributed by atoms with van der Waals surface area (Å²) in [4.78, 5) is 4.08. The van der Waals surface area contributed by atoms with Gasteiger partial charge in [0, 0.05) is 0 Å². The molecule has 3 rings (SSSR count). The predicted octanol–water partition coefficient (Wildman–Crippen LogP) is 3.01. The maximum Gasteiger partial charge on any atom is 0.259 e.